The average molecular weight is 436 g/mol. The van der Waals surface area contributed by atoms with E-state index in [2.05, 4.69) is 25.7 Å². The van der Waals surface area contributed by atoms with E-state index >= 15 is 0 Å². The summed E-state index contributed by atoms with van der Waals surface area (Å²) in [6, 6.07) is 30.0. The molecule has 6 heteroatoms. The molecular weight excluding hydrogens is 406 g/mol. The van der Waals surface area contributed by atoms with E-state index in [1.807, 2.05) is 101 Å². The van der Waals surface area contributed by atoms with Crippen molar-refractivity contribution in [3.63, 3.8) is 0 Å². The van der Waals surface area contributed by atoms with Crippen LogP contribution in [0.3, 0.4) is 0 Å². The number of hydrogen-bond acceptors (Lipinski definition) is 3. The molecular formula is C25H30ClN5. The number of para-hydroxylation sites is 2. The highest BCUT2D eigenvalue weighted by Crippen LogP contribution is 2.14. The normalized spacial score (nSPS) is 10.2. The first-order valence-electron chi connectivity index (χ1n) is 10.5. The molecule has 0 fully saturated rings. The summed E-state index contributed by atoms with van der Waals surface area (Å²) < 4.78 is 0. The quantitative estimate of drug-likeness (QED) is 0.431. The molecule has 0 aliphatic heterocycles. The SMILES string of the molecule is CCN(CC)CC.[Cl-].c1ccc(-c2nn(-c3ccccc3)[n+](-c3ccccc3)n2)cc1. The van der Waals surface area contributed by atoms with Crippen LogP contribution >= 0.6 is 0 Å². The maximum absolute atomic E-state index is 4.70. The maximum Gasteiger partial charge on any atom is 0.340 e. The van der Waals surface area contributed by atoms with Crippen LogP contribution < -0.4 is 17.2 Å². The molecule has 0 spiro atoms. The summed E-state index contributed by atoms with van der Waals surface area (Å²) in [5, 5.41) is 9.39. The van der Waals surface area contributed by atoms with Gasteiger partial charge in [-0.15, -0.1) is 0 Å². The van der Waals surface area contributed by atoms with Crippen molar-refractivity contribution in [1.29, 1.82) is 0 Å². The lowest BCUT2D eigenvalue weighted by molar-refractivity contribution is -0.734. The molecule has 0 N–H and O–H groups in total. The van der Waals surface area contributed by atoms with Gasteiger partial charge in [0.25, 0.3) is 0 Å². The number of rotatable bonds is 6. The number of aromatic nitrogens is 4. The van der Waals surface area contributed by atoms with Crippen molar-refractivity contribution in [2.45, 2.75) is 20.8 Å². The van der Waals surface area contributed by atoms with Crippen molar-refractivity contribution in [3.05, 3.63) is 91.0 Å². The molecule has 1 aromatic heterocycles. The molecule has 0 saturated carbocycles. The van der Waals surface area contributed by atoms with Crippen molar-refractivity contribution in [3.8, 4) is 22.8 Å². The Kier molecular flexibility index (Phi) is 9.88. The molecule has 0 amide bonds. The van der Waals surface area contributed by atoms with Crippen LogP contribution in [-0.2, 0) is 0 Å². The highest BCUT2D eigenvalue weighted by atomic mass is 35.5. The zero-order valence-corrected chi connectivity index (χ0v) is 19.2. The van der Waals surface area contributed by atoms with Crippen LogP contribution in [-0.4, -0.2) is 39.5 Å². The molecule has 0 radical (unpaired) electrons. The third kappa shape index (κ3) is 6.48. The van der Waals surface area contributed by atoms with Crippen molar-refractivity contribution < 1.29 is 17.2 Å². The molecule has 0 aliphatic rings. The summed E-state index contributed by atoms with van der Waals surface area (Å²) in [6.45, 7) is 10.1. The zero-order chi connectivity index (χ0) is 21.2. The first-order valence-corrected chi connectivity index (χ1v) is 10.5. The van der Waals surface area contributed by atoms with Crippen molar-refractivity contribution in [2.24, 2.45) is 0 Å². The van der Waals surface area contributed by atoms with Gasteiger partial charge in [-0.2, -0.15) is 0 Å². The largest absolute Gasteiger partial charge is 1.00 e. The Balaban J connectivity index is 0.000000373. The maximum atomic E-state index is 4.70. The molecule has 0 aliphatic carbocycles. The molecule has 1 heterocycles. The van der Waals surface area contributed by atoms with Crippen LogP contribution in [0.1, 0.15) is 20.8 Å². The molecule has 0 saturated heterocycles. The molecule has 0 unspecified atom stereocenters. The van der Waals surface area contributed by atoms with Crippen LogP contribution in [0.5, 0.6) is 0 Å². The Morgan fingerprint density at radius 1 is 0.710 bits per heavy atom. The number of benzene rings is 3. The monoisotopic (exact) mass is 435 g/mol. The van der Waals surface area contributed by atoms with E-state index in [4.69, 9.17) is 10.2 Å². The molecule has 4 aromatic rings. The molecule has 3 aromatic carbocycles. The van der Waals surface area contributed by atoms with Crippen LogP contribution in [0.25, 0.3) is 22.8 Å². The summed E-state index contributed by atoms with van der Waals surface area (Å²) in [5.74, 6) is 0.693. The number of tetrazole rings is 1. The van der Waals surface area contributed by atoms with Gasteiger partial charge >= 0.3 is 5.82 Å². The van der Waals surface area contributed by atoms with Crippen LogP contribution in [0.2, 0.25) is 0 Å². The van der Waals surface area contributed by atoms with Gasteiger partial charge in [0.15, 0.2) is 5.69 Å². The second-order valence-corrected chi connectivity index (χ2v) is 6.76. The predicted octanol–water partition coefficient (Wildman–Crippen LogP) is 1.56. The van der Waals surface area contributed by atoms with E-state index in [1.54, 1.807) is 0 Å². The Labute approximate surface area is 191 Å². The topological polar surface area (TPSA) is 37.8 Å². The fourth-order valence-corrected chi connectivity index (χ4v) is 3.11. The van der Waals surface area contributed by atoms with Gasteiger partial charge in [-0.1, -0.05) is 75.4 Å². The van der Waals surface area contributed by atoms with E-state index in [-0.39, 0.29) is 12.4 Å². The van der Waals surface area contributed by atoms with Gasteiger partial charge in [0, 0.05) is 4.80 Å². The average Bonchev–Trinajstić information content (AvgIpc) is 3.28. The lowest BCUT2D eigenvalue weighted by Gasteiger charge is -2.13. The van der Waals surface area contributed by atoms with Crippen LogP contribution in [0.15, 0.2) is 91.0 Å². The molecule has 162 valence electrons. The van der Waals surface area contributed by atoms with Gasteiger partial charge in [-0.3, -0.25) is 0 Å². The molecule has 0 bridgehead atoms. The zero-order valence-electron chi connectivity index (χ0n) is 18.4. The van der Waals surface area contributed by atoms with E-state index in [9.17, 15) is 0 Å². The van der Waals surface area contributed by atoms with Crippen molar-refractivity contribution in [2.75, 3.05) is 19.6 Å². The Hall–Kier alpha value is -3.02. The van der Waals surface area contributed by atoms with Gasteiger partial charge in [0.1, 0.15) is 5.69 Å². The highest BCUT2D eigenvalue weighted by Gasteiger charge is 2.22. The van der Waals surface area contributed by atoms with Gasteiger partial charge in [0.05, 0.1) is 10.7 Å². The highest BCUT2D eigenvalue weighted by molar-refractivity contribution is 5.53. The fraction of sp³-hybridized carbons (Fsp3) is 0.240. The summed E-state index contributed by atoms with van der Waals surface area (Å²) in [6.07, 6.45) is 0. The summed E-state index contributed by atoms with van der Waals surface area (Å²) in [4.78, 5) is 6.01. The Morgan fingerprint density at radius 2 is 1.19 bits per heavy atom. The smallest absolute Gasteiger partial charge is 0.340 e. The third-order valence-electron chi connectivity index (χ3n) is 4.91. The van der Waals surface area contributed by atoms with Crippen LogP contribution in [0.4, 0.5) is 0 Å². The summed E-state index contributed by atoms with van der Waals surface area (Å²) in [7, 11) is 0. The standard InChI is InChI=1S/C19H15N4.C6H15N.ClH/c1-4-10-16(11-5-1)19-20-22(17-12-6-2-7-13-17)23(21-19)18-14-8-3-9-15-18;1-4-7(5-2)6-3;/h1-15H;4-6H2,1-3H3;1H/q+1;;/p-1. The van der Waals surface area contributed by atoms with Crippen molar-refractivity contribution in [1.82, 2.24) is 19.9 Å². The first-order chi connectivity index (χ1) is 14.8. The molecule has 31 heavy (non-hydrogen) atoms. The predicted molar refractivity (Wildman–Crippen MR) is 122 cm³/mol. The minimum atomic E-state index is 0. The van der Waals surface area contributed by atoms with Crippen LogP contribution in [0, 0.1) is 0 Å². The second kappa shape index (κ2) is 12.6. The van der Waals surface area contributed by atoms with Gasteiger partial charge in [-0.05, 0) is 65.9 Å². The number of hydrogen-bond donors (Lipinski definition) is 0. The van der Waals surface area contributed by atoms with E-state index in [0.29, 0.717) is 5.82 Å². The minimum absolute atomic E-state index is 0. The molecule has 0 atom stereocenters. The number of halogens is 1. The summed E-state index contributed by atoms with van der Waals surface area (Å²) in [5.41, 5.74) is 2.92. The van der Waals surface area contributed by atoms with E-state index < -0.39 is 0 Å². The lowest BCUT2D eigenvalue weighted by Crippen LogP contribution is -3.00. The summed E-state index contributed by atoms with van der Waals surface area (Å²) >= 11 is 0. The first kappa shape index (κ1) is 24.3. The Bertz CT molecular complexity index is 938. The van der Waals surface area contributed by atoms with E-state index in [0.717, 1.165) is 16.9 Å². The minimum Gasteiger partial charge on any atom is -1.00 e. The Morgan fingerprint density at radius 3 is 1.68 bits per heavy atom. The third-order valence-corrected chi connectivity index (χ3v) is 4.91. The second-order valence-electron chi connectivity index (χ2n) is 6.76. The van der Waals surface area contributed by atoms with Gasteiger partial charge in [-0.25, -0.2) is 0 Å². The van der Waals surface area contributed by atoms with Gasteiger partial charge < -0.3 is 17.3 Å². The molecule has 5 nitrogen and oxygen atoms in total. The fourth-order valence-electron chi connectivity index (χ4n) is 3.11. The van der Waals surface area contributed by atoms with E-state index in [1.165, 1.54) is 19.6 Å². The van der Waals surface area contributed by atoms with Crippen molar-refractivity contribution >= 4 is 0 Å². The van der Waals surface area contributed by atoms with Gasteiger partial charge in [0.2, 0.25) is 0 Å². The molecule has 4 rings (SSSR count). The lowest BCUT2D eigenvalue weighted by atomic mass is 10.2. The number of nitrogens with zero attached hydrogens (tertiary/aromatic N) is 5.